The molecular formula is C17H24ClN3O4. The van der Waals surface area contributed by atoms with Gasteiger partial charge >= 0.3 is 0 Å². The molecule has 4 N–H and O–H groups in total. The molecule has 2 atom stereocenters. The van der Waals surface area contributed by atoms with Crippen LogP contribution in [0.4, 0.5) is 0 Å². The monoisotopic (exact) mass is 369 g/mol. The Bertz CT molecular complexity index is 651. The molecule has 25 heavy (non-hydrogen) atoms. The van der Waals surface area contributed by atoms with E-state index in [1.165, 1.54) is 13.2 Å². The molecule has 0 radical (unpaired) electrons. The zero-order chi connectivity index (χ0) is 18.6. The van der Waals surface area contributed by atoms with E-state index in [0.29, 0.717) is 12.1 Å². The number of hydrogen-bond donors (Lipinski definition) is 2. The highest BCUT2D eigenvalue weighted by Crippen LogP contribution is 2.37. The Balaban J connectivity index is 2.30. The van der Waals surface area contributed by atoms with Crippen LogP contribution in [0.15, 0.2) is 12.1 Å². The highest BCUT2D eigenvalue weighted by molar-refractivity contribution is 6.32. The van der Waals surface area contributed by atoms with Crippen molar-refractivity contribution in [3.63, 3.8) is 0 Å². The number of benzene rings is 1. The van der Waals surface area contributed by atoms with Crippen LogP contribution in [0.1, 0.15) is 36.5 Å². The summed E-state index contributed by atoms with van der Waals surface area (Å²) in [7, 11) is 1.43. The van der Waals surface area contributed by atoms with Gasteiger partial charge in [0.1, 0.15) is 0 Å². The zero-order valence-electron chi connectivity index (χ0n) is 14.5. The van der Waals surface area contributed by atoms with Gasteiger partial charge in [-0.15, -0.1) is 0 Å². The van der Waals surface area contributed by atoms with Gasteiger partial charge in [0.25, 0.3) is 11.8 Å². The van der Waals surface area contributed by atoms with Crippen LogP contribution < -0.4 is 20.9 Å². The molecule has 1 aliphatic heterocycles. The first-order chi connectivity index (χ1) is 11.8. The van der Waals surface area contributed by atoms with Crippen molar-refractivity contribution in [1.29, 1.82) is 0 Å². The minimum Gasteiger partial charge on any atom is -0.493 e. The number of halogens is 1. The minimum absolute atomic E-state index is 0.00296. The van der Waals surface area contributed by atoms with Crippen molar-refractivity contribution in [2.45, 2.75) is 38.3 Å². The predicted octanol–water partition coefficient (Wildman–Crippen LogP) is 1.55. The molecule has 2 amide bonds. The number of piperidine rings is 1. The van der Waals surface area contributed by atoms with E-state index in [2.05, 4.69) is 0 Å². The summed E-state index contributed by atoms with van der Waals surface area (Å²) >= 11 is 6.23. The maximum Gasteiger partial charge on any atom is 0.255 e. The smallest absolute Gasteiger partial charge is 0.255 e. The van der Waals surface area contributed by atoms with Crippen LogP contribution in [0, 0.1) is 0 Å². The third-order valence-corrected chi connectivity index (χ3v) is 4.53. The van der Waals surface area contributed by atoms with Gasteiger partial charge in [0.15, 0.2) is 18.1 Å². The third-order valence-electron chi connectivity index (χ3n) is 4.25. The third kappa shape index (κ3) is 4.55. The SMILES string of the molecule is COc1cc(C(=O)N2CCCCC2C(C)N)cc(Cl)c1OCC(N)=O. The molecule has 138 valence electrons. The molecule has 2 rings (SSSR count). The lowest BCUT2D eigenvalue weighted by molar-refractivity contribution is -0.119. The van der Waals surface area contributed by atoms with Crippen LogP contribution in [-0.4, -0.2) is 49.1 Å². The van der Waals surface area contributed by atoms with Gasteiger partial charge in [-0.05, 0) is 38.3 Å². The summed E-state index contributed by atoms with van der Waals surface area (Å²) < 4.78 is 10.5. The van der Waals surface area contributed by atoms with E-state index >= 15 is 0 Å². The largest absolute Gasteiger partial charge is 0.493 e. The van der Waals surface area contributed by atoms with E-state index in [-0.39, 0.29) is 41.1 Å². The second-order valence-electron chi connectivity index (χ2n) is 6.17. The quantitative estimate of drug-likeness (QED) is 0.791. The summed E-state index contributed by atoms with van der Waals surface area (Å²) in [5.74, 6) is -0.330. The number of rotatable bonds is 6. The lowest BCUT2D eigenvalue weighted by Crippen LogP contribution is -2.51. The number of carbonyl (C=O) groups excluding carboxylic acids is 2. The van der Waals surface area contributed by atoms with Gasteiger partial charge < -0.3 is 25.8 Å². The molecule has 1 aliphatic rings. The molecule has 1 aromatic carbocycles. The van der Waals surface area contributed by atoms with E-state index in [9.17, 15) is 9.59 Å². The van der Waals surface area contributed by atoms with E-state index in [0.717, 1.165) is 19.3 Å². The molecule has 1 aromatic rings. The zero-order valence-corrected chi connectivity index (χ0v) is 15.2. The number of ether oxygens (including phenoxy) is 2. The van der Waals surface area contributed by atoms with E-state index in [1.807, 2.05) is 6.92 Å². The molecule has 1 fully saturated rings. The molecule has 8 heteroatoms. The maximum atomic E-state index is 13.0. The van der Waals surface area contributed by atoms with Crippen molar-refractivity contribution in [3.8, 4) is 11.5 Å². The average Bonchev–Trinajstić information content (AvgIpc) is 2.59. The lowest BCUT2D eigenvalue weighted by atomic mass is 9.96. The summed E-state index contributed by atoms with van der Waals surface area (Å²) in [6.07, 6.45) is 2.88. The molecular weight excluding hydrogens is 346 g/mol. The molecule has 7 nitrogen and oxygen atoms in total. The molecule has 2 unspecified atom stereocenters. The Morgan fingerprint density at radius 1 is 1.40 bits per heavy atom. The van der Waals surface area contributed by atoms with Crippen LogP contribution in [0.25, 0.3) is 0 Å². The Labute approximate surface area is 152 Å². The molecule has 1 saturated heterocycles. The first kappa shape index (κ1) is 19.3. The molecule has 0 aromatic heterocycles. The number of likely N-dealkylation sites (tertiary alicyclic amines) is 1. The van der Waals surface area contributed by atoms with Crippen LogP contribution in [-0.2, 0) is 4.79 Å². The number of primary amides is 1. The fourth-order valence-electron chi connectivity index (χ4n) is 3.05. The highest BCUT2D eigenvalue weighted by atomic mass is 35.5. The summed E-state index contributed by atoms with van der Waals surface area (Å²) in [4.78, 5) is 25.7. The van der Waals surface area contributed by atoms with Crippen molar-refractivity contribution < 1.29 is 19.1 Å². The van der Waals surface area contributed by atoms with Gasteiger partial charge in [-0.3, -0.25) is 9.59 Å². The minimum atomic E-state index is -0.633. The Morgan fingerprint density at radius 2 is 2.12 bits per heavy atom. The number of methoxy groups -OCH3 is 1. The summed E-state index contributed by atoms with van der Waals surface area (Å²) in [6, 6.07) is 2.95. The number of nitrogens with zero attached hydrogens (tertiary/aromatic N) is 1. The Morgan fingerprint density at radius 3 is 2.72 bits per heavy atom. The Kier molecular flexibility index (Phi) is 6.50. The van der Waals surface area contributed by atoms with Crippen molar-refractivity contribution in [2.24, 2.45) is 11.5 Å². The van der Waals surface area contributed by atoms with E-state index < -0.39 is 5.91 Å². The predicted molar refractivity (Wildman–Crippen MR) is 95.0 cm³/mol. The van der Waals surface area contributed by atoms with Gasteiger partial charge in [0.05, 0.1) is 12.1 Å². The normalized spacial score (nSPS) is 18.6. The van der Waals surface area contributed by atoms with Crippen molar-refractivity contribution in [3.05, 3.63) is 22.7 Å². The number of hydrogen-bond acceptors (Lipinski definition) is 5. The standard InChI is InChI=1S/C17H24ClN3O4/c1-10(19)13-5-3-4-6-21(13)17(23)11-7-12(18)16(14(8-11)24-2)25-9-15(20)22/h7-8,10,13H,3-6,9,19H2,1-2H3,(H2,20,22). The number of carbonyl (C=O) groups is 2. The van der Waals surface area contributed by atoms with E-state index in [4.69, 9.17) is 32.5 Å². The maximum absolute atomic E-state index is 13.0. The first-order valence-corrected chi connectivity index (χ1v) is 8.58. The molecule has 0 bridgehead atoms. The molecule has 0 aliphatic carbocycles. The van der Waals surface area contributed by atoms with Gasteiger partial charge in [-0.1, -0.05) is 11.6 Å². The lowest BCUT2D eigenvalue weighted by Gasteiger charge is -2.38. The number of amides is 2. The topological polar surface area (TPSA) is 108 Å². The molecule has 0 spiro atoms. The first-order valence-electron chi connectivity index (χ1n) is 8.20. The van der Waals surface area contributed by atoms with Crippen molar-refractivity contribution in [1.82, 2.24) is 4.90 Å². The number of nitrogens with two attached hydrogens (primary N) is 2. The van der Waals surface area contributed by atoms with Gasteiger partial charge in [-0.2, -0.15) is 0 Å². The molecule has 1 heterocycles. The van der Waals surface area contributed by atoms with Crippen LogP contribution in [0.3, 0.4) is 0 Å². The van der Waals surface area contributed by atoms with Crippen LogP contribution in [0.2, 0.25) is 5.02 Å². The fraction of sp³-hybridized carbons (Fsp3) is 0.529. The molecule has 0 saturated carbocycles. The van der Waals surface area contributed by atoms with Crippen molar-refractivity contribution >= 4 is 23.4 Å². The van der Waals surface area contributed by atoms with Gasteiger partial charge in [0, 0.05) is 24.2 Å². The van der Waals surface area contributed by atoms with Crippen LogP contribution >= 0.6 is 11.6 Å². The Hall–Kier alpha value is -1.99. The van der Waals surface area contributed by atoms with Gasteiger partial charge in [-0.25, -0.2) is 0 Å². The highest BCUT2D eigenvalue weighted by Gasteiger charge is 2.30. The summed E-state index contributed by atoms with van der Waals surface area (Å²) in [5, 5.41) is 0.179. The van der Waals surface area contributed by atoms with E-state index in [1.54, 1.807) is 11.0 Å². The van der Waals surface area contributed by atoms with Crippen LogP contribution in [0.5, 0.6) is 11.5 Å². The second-order valence-corrected chi connectivity index (χ2v) is 6.57. The summed E-state index contributed by atoms with van der Waals surface area (Å²) in [5.41, 5.74) is 11.5. The van der Waals surface area contributed by atoms with Gasteiger partial charge in [0.2, 0.25) is 0 Å². The summed E-state index contributed by atoms with van der Waals surface area (Å²) in [6.45, 7) is 2.23. The average molecular weight is 370 g/mol. The second kappa shape index (κ2) is 8.40. The van der Waals surface area contributed by atoms with Crippen molar-refractivity contribution in [2.75, 3.05) is 20.3 Å². The fourth-order valence-corrected chi connectivity index (χ4v) is 3.31.